The maximum absolute atomic E-state index is 12.8. The van der Waals surface area contributed by atoms with Crippen molar-refractivity contribution in [2.75, 3.05) is 19.0 Å². The molecule has 0 spiro atoms. The molecular formula is C14H18F3N3O. The third-order valence-corrected chi connectivity index (χ3v) is 4.20. The molecule has 2 aliphatic rings. The Balaban J connectivity index is 1.61. The van der Waals surface area contributed by atoms with E-state index >= 15 is 0 Å². The van der Waals surface area contributed by atoms with E-state index in [1.807, 2.05) is 0 Å². The molecule has 2 aliphatic carbocycles. The van der Waals surface area contributed by atoms with Gasteiger partial charge in [-0.25, -0.2) is 4.98 Å². The minimum absolute atomic E-state index is 0.00580. The number of rotatable bonds is 6. The number of halogens is 3. The zero-order valence-electron chi connectivity index (χ0n) is 11.8. The number of ether oxygens (including phenoxy) is 1. The van der Waals surface area contributed by atoms with Crippen LogP contribution in [0.15, 0.2) is 6.07 Å². The molecule has 1 N–H and O–H groups in total. The lowest BCUT2D eigenvalue weighted by Gasteiger charge is -2.19. The molecule has 1 heterocycles. The van der Waals surface area contributed by atoms with Crippen LogP contribution in [0.3, 0.4) is 0 Å². The van der Waals surface area contributed by atoms with Crippen LogP contribution in [0.2, 0.25) is 0 Å². The molecule has 21 heavy (non-hydrogen) atoms. The fraction of sp³-hybridized carbons (Fsp3) is 0.714. The van der Waals surface area contributed by atoms with Gasteiger partial charge < -0.3 is 10.1 Å². The number of hydrogen-bond donors (Lipinski definition) is 1. The second-order valence-electron chi connectivity index (χ2n) is 5.85. The molecule has 1 aromatic heterocycles. The van der Waals surface area contributed by atoms with Crippen LogP contribution in [-0.4, -0.2) is 29.8 Å². The van der Waals surface area contributed by atoms with Crippen molar-refractivity contribution in [2.24, 2.45) is 5.41 Å². The van der Waals surface area contributed by atoms with Gasteiger partial charge in [0.1, 0.15) is 11.6 Å². The molecule has 1 aromatic rings. The summed E-state index contributed by atoms with van der Waals surface area (Å²) in [5.74, 6) is 2.08. The first kappa shape index (κ1) is 14.4. The quantitative estimate of drug-likeness (QED) is 0.873. The molecule has 0 aliphatic heterocycles. The van der Waals surface area contributed by atoms with Crippen molar-refractivity contribution in [3.8, 4) is 5.88 Å². The Morgan fingerprint density at radius 2 is 2.05 bits per heavy atom. The summed E-state index contributed by atoms with van der Waals surface area (Å²) in [6.45, 7) is 0.0315. The zero-order valence-corrected chi connectivity index (χ0v) is 11.8. The maximum Gasteiger partial charge on any atom is 0.394 e. The van der Waals surface area contributed by atoms with Crippen molar-refractivity contribution in [2.45, 2.75) is 44.2 Å². The summed E-state index contributed by atoms with van der Waals surface area (Å²) < 4.78 is 43.9. The lowest BCUT2D eigenvalue weighted by atomic mass is 10.0. The van der Waals surface area contributed by atoms with E-state index in [0.717, 1.165) is 12.8 Å². The number of alkyl halides is 3. The molecule has 0 bridgehead atoms. The van der Waals surface area contributed by atoms with Crippen LogP contribution in [0, 0.1) is 5.41 Å². The maximum atomic E-state index is 12.8. The molecule has 0 amide bonds. The Labute approximate surface area is 121 Å². The van der Waals surface area contributed by atoms with E-state index in [0.29, 0.717) is 23.4 Å². The SMILES string of the molecule is CNc1cc(OCCC2(C(F)(F)F)CC2)nc(C2CC2)n1. The highest BCUT2D eigenvalue weighted by molar-refractivity contribution is 5.38. The fourth-order valence-corrected chi connectivity index (χ4v) is 2.35. The molecule has 0 unspecified atom stereocenters. The van der Waals surface area contributed by atoms with Crippen LogP contribution in [0.4, 0.5) is 19.0 Å². The smallest absolute Gasteiger partial charge is 0.394 e. The number of hydrogen-bond acceptors (Lipinski definition) is 4. The molecule has 116 valence electrons. The topological polar surface area (TPSA) is 47.0 Å². The average molecular weight is 301 g/mol. The Bertz CT molecular complexity index is 525. The zero-order chi connectivity index (χ0) is 15.1. The van der Waals surface area contributed by atoms with Crippen LogP contribution in [0.25, 0.3) is 0 Å². The first-order chi connectivity index (χ1) is 9.93. The van der Waals surface area contributed by atoms with E-state index in [2.05, 4.69) is 15.3 Å². The lowest BCUT2D eigenvalue weighted by Crippen LogP contribution is -2.26. The normalized spacial score (nSPS) is 20.2. The van der Waals surface area contributed by atoms with Gasteiger partial charge in [0.2, 0.25) is 5.88 Å². The van der Waals surface area contributed by atoms with Crippen LogP contribution in [-0.2, 0) is 0 Å². The van der Waals surface area contributed by atoms with Gasteiger partial charge in [0.15, 0.2) is 0 Å². The molecular weight excluding hydrogens is 283 g/mol. The van der Waals surface area contributed by atoms with Gasteiger partial charge in [-0.05, 0) is 32.1 Å². The summed E-state index contributed by atoms with van der Waals surface area (Å²) in [6, 6.07) is 1.62. The standard InChI is InChI=1S/C14H18F3N3O/c1-18-10-8-11(20-12(19-10)9-2-3-9)21-7-6-13(4-5-13)14(15,16)17/h8-9H,2-7H2,1H3,(H,18,19,20). The third-order valence-electron chi connectivity index (χ3n) is 4.20. The van der Waals surface area contributed by atoms with Gasteiger partial charge in [0.05, 0.1) is 12.0 Å². The molecule has 0 atom stereocenters. The number of nitrogens with zero attached hydrogens (tertiary/aromatic N) is 2. The van der Waals surface area contributed by atoms with Crippen LogP contribution in [0.5, 0.6) is 5.88 Å². The van der Waals surface area contributed by atoms with Crippen molar-refractivity contribution in [3.63, 3.8) is 0 Å². The van der Waals surface area contributed by atoms with Gasteiger partial charge >= 0.3 is 6.18 Å². The molecule has 0 radical (unpaired) electrons. The van der Waals surface area contributed by atoms with E-state index < -0.39 is 11.6 Å². The molecule has 4 nitrogen and oxygen atoms in total. The fourth-order valence-electron chi connectivity index (χ4n) is 2.35. The van der Waals surface area contributed by atoms with Crippen molar-refractivity contribution in [1.29, 1.82) is 0 Å². The van der Waals surface area contributed by atoms with Crippen molar-refractivity contribution < 1.29 is 17.9 Å². The Kier molecular flexibility index (Phi) is 3.45. The Morgan fingerprint density at radius 1 is 1.33 bits per heavy atom. The number of nitrogens with one attached hydrogen (secondary N) is 1. The van der Waals surface area contributed by atoms with Gasteiger partial charge in [-0.2, -0.15) is 18.2 Å². The first-order valence-corrected chi connectivity index (χ1v) is 7.20. The van der Waals surface area contributed by atoms with Crippen LogP contribution < -0.4 is 10.1 Å². The molecule has 0 saturated heterocycles. The predicted octanol–water partition coefficient (Wildman–Crippen LogP) is 3.51. The Hall–Kier alpha value is -1.53. The Morgan fingerprint density at radius 3 is 2.57 bits per heavy atom. The summed E-state index contributed by atoms with van der Waals surface area (Å²) in [5.41, 5.74) is -1.52. The second-order valence-corrected chi connectivity index (χ2v) is 5.85. The molecule has 2 saturated carbocycles. The van der Waals surface area contributed by atoms with Gasteiger partial charge in [0, 0.05) is 19.0 Å². The summed E-state index contributed by atoms with van der Waals surface area (Å²) in [5, 5.41) is 2.92. The highest BCUT2D eigenvalue weighted by atomic mass is 19.4. The van der Waals surface area contributed by atoms with E-state index in [-0.39, 0.29) is 25.9 Å². The van der Waals surface area contributed by atoms with Crippen molar-refractivity contribution in [3.05, 3.63) is 11.9 Å². The summed E-state index contributed by atoms with van der Waals surface area (Å²) in [4.78, 5) is 8.63. The largest absolute Gasteiger partial charge is 0.477 e. The summed E-state index contributed by atoms with van der Waals surface area (Å²) >= 11 is 0. The van der Waals surface area contributed by atoms with E-state index in [4.69, 9.17) is 4.74 Å². The minimum atomic E-state index is -4.13. The first-order valence-electron chi connectivity index (χ1n) is 7.20. The van der Waals surface area contributed by atoms with Crippen molar-refractivity contribution in [1.82, 2.24) is 9.97 Å². The summed E-state index contributed by atoms with van der Waals surface area (Å²) in [6.07, 6.45) is -1.60. The average Bonchev–Trinajstić information content (AvgIpc) is 3.29. The molecule has 0 aromatic carbocycles. The van der Waals surface area contributed by atoms with Gasteiger partial charge in [0.25, 0.3) is 0 Å². The highest BCUT2D eigenvalue weighted by Gasteiger charge is 2.62. The highest BCUT2D eigenvalue weighted by Crippen LogP contribution is 2.59. The van der Waals surface area contributed by atoms with E-state index in [1.165, 1.54) is 0 Å². The van der Waals surface area contributed by atoms with E-state index in [1.54, 1.807) is 13.1 Å². The van der Waals surface area contributed by atoms with Crippen LogP contribution in [0.1, 0.15) is 43.8 Å². The second kappa shape index (κ2) is 5.03. The molecule has 2 fully saturated rings. The van der Waals surface area contributed by atoms with Gasteiger partial charge in [-0.3, -0.25) is 0 Å². The minimum Gasteiger partial charge on any atom is -0.477 e. The molecule has 7 heteroatoms. The van der Waals surface area contributed by atoms with Crippen LogP contribution >= 0.6 is 0 Å². The van der Waals surface area contributed by atoms with E-state index in [9.17, 15) is 13.2 Å². The summed E-state index contributed by atoms with van der Waals surface area (Å²) in [7, 11) is 1.74. The number of aromatic nitrogens is 2. The number of anilines is 1. The monoisotopic (exact) mass is 301 g/mol. The third kappa shape index (κ3) is 3.06. The van der Waals surface area contributed by atoms with Gasteiger partial charge in [-0.1, -0.05) is 0 Å². The molecule has 3 rings (SSSR count). The van der Waals surface area contributed by atoms with Crippen molar-refractivity contribution >= 4 is 5.82 Å². The van der Waals surface area contributed by atoms with Gasteiger partial charge in [-0.15, -0.1) is 0 Å². The lowest BCUT2D eigenvalue weighted by molar-refractivity contribution is -0.190. The predicted molar refractivity (Wildman–Crippen MR) is 71.4 cm³/mol.